The zero-order valence-corrected chi connectivity index (χ0v) is 14.3. The van der Waals surface area contributed by atoms with Gasteiger partial charge in [0.2, 0.25) is 0 Å². The summed E-state index contributed by atoms with van der Waals surface area (Å²) in [5.41, 5.74) is 5.47. The van der Waals surface area contributed by atoms with Crippen LogP contribution in [0.5, 0.6) is 5.75 Å². The lowest BCUT2D eigenvalue weighted by atomic mass is 9.99. The number of aromatic amines is 1. The highest BCUT2D eigenvalue weighted by Crippen LogP contribution is 2.28. The van der Waals surface area contributed by atoms with E-state index >= 15 is 0 Å². The summed E-state index contributed by atoms with van der Waals surface area (Å²) < 4.78 is 18.9. The summed E-state index contributed by atoms with van der Waals surface area (Å²) >= 11 is 0. The Labute approximate surface area is 147 Å². The summed E-state index contributed by atoms with van der Waals surface area (Å²) in [6.45, 7) is 2.67. The molecule has 1 aromatic heterocycles. The van der Waals surface area contributed by atoms with Gasteiger partial charge in [-0.2, -0.15) is 0 Å². The van der Waals surface area contributed by atoms with E-state index in [1.807, 2.05) is 0 Å². The lowest BCUT2D eigenvalue weighted by Gasteiger charge is -2.08. The van der Waals surface area contributed by atoms with Crippen LogP contribution in [0.25, 0.3) is 10.9 Å². The molecule has 2 aromatic carbocycles. The molecule has 0 fully saturated rings. The minimum Gasteiger partial charge on any atom is -0.493 e. The number of ether oxygens (including phenoxy) is 1. The Kier molecular flexibility index (Phi) is 4.70. The van der Waals surface area contributed by atoms with E-state index in [0.717, 1.165) is 38.8 Å². The fraction of sp³-hybridized carbons (Fsp3) is 0.333. The van der Waals surface area contributed by atoms with E-state index in [1.54, 1.807) is 12.1 Å². The first-order valence-electron chi connectivity index (χ1n) is 9.01. The maximum atomic E-state index is 13.2. The number of halogens is 1. The smallest absolute Gasteiger partial charge is 0.126 e. The maximum Gasteiger partial charge on any atom is 0.126 e. The first kappa shape index (κ1) is 16.2. The van der Waals surface area contributed by atoms with Crippen molar-refractivity contribution < 1.29 is 9.13 Å². The molecule has 4 heteroatoms. The molecule has 0 radical (unpaired) electrons. The minimum absolute atomic E-state index is 0.258. The van der Waals surface area contributed by atoms with E-state index in [-0.39, 0.29) is 5.82 Å². The van der Waals surface area contributed by atoms with Crippen molar-refractivity contribution in [2.45, 2.75) is 25.7 Å². The highest BCUT2D eigenvalue weighted by Gasteiger charge is 2.16. The number of benzene rings is 2. The van der Waals surface area contributed by atoms with E-state index in [0.29, 0.717) is 12.4 Å². The fourth-order valence-corrected chi connectivity index (χ4v) is 3.71. The molecule has 0 aliphatic carbocycles. The average molecular weight is 338 g/mol. The monoisotopic (exact) mass is 338 g/mol. The standard InChI is InChI=1S/C21H23FN2O/c22-16-6-2-7-17(14-16)25-13-3-5-15-4-1-8-20-21(15)18-9-11-23-12-10-19(18)24-20/h1-2,4,6-8,14,23-24H,3,5,9-13H2. The summed E-state index contributed by atoms with van der Waals surface area (Å²) in [7, 11) is 0. The number of aryl methyl sites for hydroxylation is 1. The number of H-pyrrole nitrogens is 1. The highest BCUT2D eigenvalue weighted by molar-refractivity contribution is 5.88. The second kappa shape index (κ2) is 7.28. The predicted molar refractivity (Wildman–Crippen MR) is 98.8 cm³/mol. The van der Waals surface area contributed by atoms with Crippen LogP contribution in [0.3, 0.4) is 0 Å². The zero-order valence-electron chi connectivity index (χ0n) is 14.3. The molecule has 1 aliphatic rings. The van der Waals surface area contributed by atoms with E-state index in [4.69, 9.17) is 4.74 Å². The van der Waals surface area contributed by atoms with Crippen LogP contribution in [0.4, 0.5) is 4.39 Å². The quantitative estimate of drug-likeness (QED) is 0.690. The molecule has 4 rings (SSSR count). The van der Waals surface area contributed by atoms with Crippen molar-refractivity contribution in [3.63, 3.8) is 0 Å². The van der Waals surface area contributed by atoms with Crippen molar-refractivity contribution in [3.05, 3.63) is 65.1 Å². The number of aromatic nitrogens is 1. The molecule has 0 unspecified atom stereocenters. The summed E-state index contributed by atoms with van der Waals surface area (Å²) in [5.74, 6) is 0.339. The SMILES string of the molecule is Fc1cccc(OCCCc2cccc3[nH]c4c(c23)CCNCC4)c1. The lowest BCUT2D eigenvalue weighted by molar-refractivity contribution is 0.309. The van der Waals surface area contributed by atoms with Gasteiger partial charge in [-0.3, -0.25) is 0 Å². The van der Waals surface area contributed by atoms with Crippen LogP contribution in [0.2, 0.25) is 0 Å². The molecule has 3 nitrogen and oxygen atoms in total. The lowest BCUT2D eigenvalue weighted by Crippen LogP contribution is -2.16. The van der Waals surface area contributed by atoms with Crippen LogP contribution in [-0.2, 0) is 19.3 Å². The van der Waals surface area contributed by atoms with Gasteiger partial charge < -0.3 is 15.0 Å². The second-order valence-electron chi connectivity index (χ2n) is 6.58. The Hall–Kier alpha value is -2.33. The van der Waals surface area contributed by atoms with Gasteiger partial charge in [-0.15, -0.1) is 0 Å². The van der Waals surface area contributed by atoms with Crippen LogP contribution >= 0.6 is 0 Å². The Balaban J connectivity index is 1.47. The van der Waals surface area contributed by atoms with Gasteiger partial charge in [0.25, 0.3) is 0 Å². The molecule has 0 bridgehead atoms. The van der Waals surface area contributed by atoms with Crippen molar-refractivity contribution in [2.24, 2.45) is 0 Å². The first-order chi connectivity index (χ1) is 12.3. The van der Waals surface area contributed by atoms with E-state index in [1.165, 1.54) is 39.9 Å². The first-order valence-corrected chi connectivity index (χ1v) is 9.01. The Bertz CT molecular complexity index is 871. The van der Waals surface area contributed by atoms with Gasteiger partial charge in [-0.25, -0.2) is 4.39 Å². The van der Waals surface area contributed by atoms with Crippen LogP contribution in [0, 0.1) is 5.82 Å². The molecule has 130 valence electrons. The Morgan fingerprint density at radius 2 is 1.92 bits per heavy atom. The molecule has 0 saturated carbocycles. The van der Waals surface area contributed by atoms with Gasteiger partial charge in [-0.1, -0.05) is 18.2 Å². The number of hydrogen-bond acceptors (Lipinski definition) is 2. The van der Waals surface area contributed by atoms with Crippen LogP contribution in [0.15, 0.2) is 42.5 Å². The number of rotatable bonds is 5. The van der Waals surface area contributed by atoms with Gasteiger partial charge in [0.15, 0.2) is 0 Å². The molecular formula is C21H23FN2O. The third-order valence-corrected chi connectivity index (χ3v) is 4.86. The fourth-order valence-electron chi connectivity index (χ4n) is 3.71. The van der Waals surface area contributed by atoms with Crippen LogP contribution in [-0.4, -0.2) is 24.7 Å². The normalized spacial score (nSPS) is 14.3. The van der Waals surface area contributed by atoms with Gasteiger partial charge in [0.1, 0.15) is 11.6 Å². The maximum absolute atomic E-state index is 13.2. The van der Waals surface area contributed by atoms with Crippen molar-refractivity contribution in [3.8, 4) is 5.75 Å². The van der Waals surface area contributed by atoms with Crippen molar-refractivity contribution in [2.75, 3.05) is 19.7 Å². The van der Waals surface area contributed by atoms with Crippen LogP contribution < -0.4 is 10.1 Å². The van der Waals surface area contributed by atoms with Gasteiger partial charge in [0.05, 0.1) is 6.61 Å². The van der Waals surface area contributed by atoms with Gasteiger partial charge in [0, 0.05) is 35.6 Å². The van der Waals surface area contributed by atoms with Crippen molar-refractivity contribution in [1.82, 2.24) is 10.3 Å². The topological polar surface area (TPSA) is 37.0 Å². The molecule has 0 atom stereocenters. The average Bonchev–Trinajstić information content (AvgIpc) is 2.81. The van der Waals surface area contributed by atoms with E-state index in [2.05, 4.69) is 28.5 Å². The minimum atomic E-state index is -0.258. The second-order valence-corrected chi connectivity index (χ2v) is 6.58. The number of nitrogens with one attached hydrogen (secondary N) is 2. The Morgan fingerprint density at radius 1 is 1.04 bits per heavy atom. The molecule has 0 spiro atoms. The Morgan fingerprint density at radius 3 is 2.84 bits per heavy atom. The predicted octanol–water partition coefficient (Wildman–Crippen LogP) is 4.01. The molecular weight excluding hydrogens is 315 g/mol. The molecule has 0 amide bonds. The summed E-state index contributed by atoms with van der Waals surface area (Å²) in [6.07, 6.45) is 4.01. The number of fused-ring (bicyclic) bond motifs is 3. The largest absolute Gasteiger partial charge is 0.493 e. The van der Waals surface area contributed by atoms with Crippen molar-refractivity contribution in [1.29, 1.82) is 0 Å². The van der Waals surface area contributed by atoms with Gasteiger partial charge in [-0.05, 0) is 55.1 Å². The molecule has 2 N–H and O–H groups in total. The highest BCUT2D eigenvalue weighted by atomic mass is 19.1. The van der Waals surface area contributed by atoms with Crippen molar-refractivity contribution >= 4 is 10.9 Å². The van der Waals surface area contributed by atoms with Crippen LogP contribution in [0.1, 0.15) is 23.2 Å². The molecule has 1 aliphatic heterocycles. The molecule has 3 aromatic rings. The zero-order chi connectivity index (χ0) is 17.1. The summed E-state index contributed by atoms with van der Waals surface area (Å²) in [6, 6.07) is 12.8. The third-order valence-electron chi connectivity index (χ3n) is 4.86. The third kappa shape index (κ3) is 3.54. The molecule has 25 heavy (non-hydrogen) atoms. The van der Waals surface area contributed by atoms with E-state index < -0.39 is 0 Å². The molecule has 0 saturated heterocycles. The molecule has 2 heterocycles. The summed E-state index contributed by atoms with van der Waals surface area (Å²) in [4.78, 5) is 3.61. The summed E-state index contributed by atoms with van der Waals surface area (Å²) in [5, 5.41) is 4.86. The van der Waals surface area contributed by atoms with E-state index in [9.17, 15) is 4.39 Å². The number of hydrogen-bond donors (Lipinski definition) is 2. The van der Waals surface area contributed by atoms with Gasteiger partial charge >= 0.3 is 0 Å².